The lowest BCUT2D eigenvalue weighted by molar-refractivity contribution is 0.304. The number of nitrogens with zero attached hydrogens (tertiary/aromatic N) is 2. The van der Waals surface area contributed by atoms with Crippen molar-refractivity contribution in [2.75, 3.05) is 13.2 Å². The van der Waals surface area contributed by atoms with Gasteiger partial charge in [-0.1, -0.05) is 143 Å². The molecule has 0 spiro atoms. The maximum atomic E-state index is 17.3. The summed E-state index contributed by atoms with van der Waals surface area (Å²) in [6.45, 7) is 10.4. The number of rotatable bonds is 30. The molecule has 354 valence electrons. The minimum Gasteiger partial charge on any atom is -0.494 e. The molecule has 0 amide bonds. The Balaban J connectivity index is 1.42. The van der Waals surface area contributed by atoms with E-state index in [1.807, 2.05) is 12.1 Å². The molecule has 0 bridgehead atoms. The third kappa shape index (κ3) is 14.6. The molecular weight excluding hydrogens is 976 g/mol. The summed E-state index contributed by atoms with van der Waals surface area (Å²) in [6.07, 6.45) is 30.7. The first-order valence-electron chi connectivity index (χ1n) is 25.1. The summed E-state index contributed by atoms with van der Waals surface area (Å²) in [6, 6.07) is 18.4. The molecule has 2 atom stereocenters. The van der Waals surface area contributed by atoms with Gasteiger partial charge in [0.05, 0.1) is 29.5 Å². The minimum atomic E-state index is -1.16. The highest BCUT2D eigenvalue weighted by atomic mass is 79.9. The van der Waals surface area contributed by atoms with E-state index < -0.39 is 21.8 Å². The van der Waals surface area contributed by atoms with Gasteiger partial charge >= 0.3 is 0 Å². The molecule has 0 aliphatic carbocycles. The Kier molecular flexibility index (Phi) is 22.1. The van der Waals surface area contributed by atoms with Gasteiger partial charge in [-0.05, 0) is 147 Å². The fourth-order valence-electron chi connectivity index (χ4n) is 8.65. The number of allylic oxidation sites excluding steroid dienone is 4. The van der Waals surface area contributed by atoms with E-state index >= 15 is 4.39 Å². The first-order chi connectivity index (χ1) is 31.9. The highest BCUT2D eigenvalue weighted by molar-refractivity contribution is 9.14. The van der Waals surface area contributed by atoms with Crippen molar-refractivity contribution < 1.29 is 13.9 Å². The summed E-state index contributed by atoms with van der Waals surface area (Å²) in [7, 11) is -2.17. The molecule has 9 heteroatoms. The molecule has 3 aromatic carbocycles. The van der Waals surface area contributed by atoms with Gasteiger partial charge in [0.15, 0.2) is 0 Å². The molecular formula is C56H75Br2FN2O2S2. The van der Waals surface area contributed by atoms with Crippen LogP contribution in [-0.4, -0.2) is 23.2 Å². The molecule has 4 aromatic rings. The third-order valence-corrected chi connectivity index (χ3v) is 19.9. The maximum Gasteiger partial charge on any atom is 0.139 e. The Morgan fingerprint density at radius 1 is 0.492 bits per heavy atom. The van der Waals surface area contributed by atoms with Gasteiger partial charge in [-0.15, -0.1) is 0 Å². The van der Waals surface area contributed by atoms with Crippen LogP contribution >= 0.6 is 53.6 Å². The number of hydrogen-bond donors (Lipinski definition) is 2. The lowest BCUT2D eigenvalue weighted by Crippen LogP contribution is -2.02. The SMILES string of the molecule is CCCCCCCCOc1ccc(-c2nc3c([SH]4C=CC(CCCCCC)=C4Br)cc(F)c([SH]4C=CC(CCCCCC)=C4Br)c3nc2-c2ccc(OCCCCCCCC)cc2)cc1. The fraction of sp³-hybridized carbons (Fsp3) is 0.500. The summed E-state index contributed by atoms with van der Waals surface area (Å²) in [5.74, 6) is 1.49. The lowest BCUT2D eigenvalue weighted by atomic mass is 10.0. The van der Waals surface area contributed by atoms with Gasteiger partial charge in [0.25, 0.3) is 0 Å². The second kappa shape index (κ2) is 27.8. The lowest BCUT2D eigenvalue weighted by Gasteiger charge is -2.24. The van der Waals surface area contributed by atoms with E-state index in [1.54, 1.807) is 6.07 Å². The number of ether oxygens (including phenoxy) is 2. The standard InChI is InChI=1S/C56H75Br2FN2O2S2/c1-5-9-13-17-19-23-37-62-46-31-27-42(28-32-46)50-51(43-29-33-47(34-30-43)63-38-24-20-18-14-10-6-2)61-53-52(60-50)49(64-39-35-44(55(64)57)25-21-15-11-7-3)41-48(59)54(53)65-40-36-45(56(65)58)26-22-16-12-8-4/h27-36,39-41,64-65H,5-26,37-38H2,1-4H3. The second-order valence-corrected chi connectivity index (χ2v) is 24.5. The molecule has 0 N–H and O–H groups in total. The minimum absolute atomic E-state index is 0.210. The van der Waals surface area contributed by atoms with Crippen LogP contribution < -0.4 is 9.47 Å². The summed E-state index contributed by atoms with van der Waals surface area (Å²) < 4.78 is 32.1. The number of unbranched alkanes of at least 4 members (excludes halogenated alkanes) is 16. The molecule has 2 aliphatic rings. The Morgan fingerprint density at radius 3 is 1.37 bits per heavy atom. The van der Waals surface area contributed by atoms with Crippen molar-refractivity contribution in [3.05, 3.63) is 102 Å². The second-order valence-electron chi connectivity index (χ2n) is 17.8. The van der Waals surface area contributed by atoms with E-state index in [-0.39, 0.29) is 5.82 Å². The molecule has 65 heavy (non-hydrogen) atoms. The summed E-state index contributed by atoms with van der Waals surface area (Å²) in [5.41, 5.74) is 7.38. The van der Waals surface area contributed by atoms with Gasteiger partial charge in [-0.25, -0.2) is 14.4 Å². The van der Waals surface area contributed by atoms with Gasteiger partial charge in [0.2, 0.25) is 0 Å². The van der Waals surface area contributed by atoms with Gasteiger partial charge in [-0.2, -0.15) is 21.8 Å². The highest BCUT2D eigenvalue weighted by Crippen LogP contribution is 2.61. The van der Waals surface area contributed by atoms with E-state index in [1.165, 1.54) is 114 Å². The van der Waals surface area contributed by atoms with E-state index in [9.17, 15) is 0 Å². The highest BCUT2D eigenvalue weighted by Gasteiger charge is 2.29. The number of thiol groups is 2. The number of benzene rings is 3. The first kappa shape index (κ1) is 51.5. The number of hydrogen-bond acceptors (Lipinski definition) is 4. The van der Waals surface area contributed by atoms with Crippen LogP contribution in [-0.2, 0) is 0 Å². The average molecular weight is 1050 g/mol. The van der Waals surface area contributed by atoms with Crippen molar-refractivity contribution in [2.45, 2.75) is 179 Å². The van der Waals surface area contributed by atoms with Crippen LogP contribution in [0.2, 0.25) is 0 Å². The zero-order valence-electron chi connectivity index (χ0n) is 39.7. The Hall–Kier alpha value is -2.85. The third-order valence-electron chi connectivity index (χ3n) is 12.5. The molecule has 0 saturated carbocycles. The normalized spacial score (nSPS) is 17.0. The number of fused-ring (bicyclic) bond motifs is 1. The van der Waals surface area contributed by atoms with Crippen molar-refractivity contribution >= 4 is 64.7 Å². The van der Waals surface area contributed by atoms with Crippen molar-refractivity contribution in [1.82, 2.24) is 9.97 Å². The Labute approximate surface area is 413 Å². The topological polar surface area (TPSA) is 44.2 Å². The number of aromatic nitrogens is 2. The fourth-order valence-corrected chi connectivity index (χ4v) is 15.1. The zero-order chi connectivity index (χ0) is 45.8. The quantitative estimate of drug-likeness (QED) is 0.0403. The maximum absolute atomic E-state index is 17.3. The average Bonchev–Trinajstić information content (AvgIpc) is 3.88. The molecule has 0 saturated heterocycles. The van der Waals surface area contributed by atoms with E-state index in [0.29, 0.717) is 23.6 Å². The molecule has 0 fully saturated rings. The summed E-state index contributed by atoms with van der Waals surface area (Å²) >= 11 is 8.08. The molecule has 4 nitrogen and oxygen atoms in total. The van der Waals surface area contributed by atoms with Crippen molar-refractivity contribution in [3.8, 4) is 34.0 Å². The molecule has 2 aliphatic heterocycles. The van der Waals surface area contributed by atoms with Crippen LogP contribution in [0, 0.1) is 5.82 Å². The zero-order valence-corrected chi connectivity index (χ0v) is 44.7. The Morgan fingerprint density at radius 2 is 0.892 bits per heavy atom. The van der Waals surface area contributed by atoms with Crippen LogP contribution in [0.15, 0.2) is 106 Å². The van der Waals surface area contributed by atoms with Crippen LogP contribution in [0.3, 0.4) is 0 Å². The van der Waals surface area contributed by atoms with Crippen LogP contribution in [0.5, 0.6) is 11.5 Å². The summed E-state index contributed by atoms with van der Waals surface area (Å²) in [5, 5.41) is 4.49. The van der Waals surface area contributed by atoms with Gasteiger partial charge < -0.3 is 9.47 Å². The van der Waals surface area contributed by atoms with Crippen molar-refractivity contribution in [1.29, 1.82) is 0 Å². The van der Waals surface area contributed by atoms with Crippen molar-refractivity contribution in [2.24, 2.45) is 0 Å². The Bertz CT molecular complexity index is 2240. The first-order valence-corrected chi connectivity index (χ1v) is 29.5. The van der Waals surface area contributed by atoms with E-state index in [2.05, 4.69) is 119 Å². The monoisotopic (exact) mass is 1050 g/mol. The van der Waals surface area contributed by atoms with Crippen LogP contribution in [0.25, 0.3) is 33.5 Å². The van der Waals surface area contributed by atoms with Gasteiger partial charge in [-0.3, -0.25) is 0 Å². The predicted octanol–water partition coefficient (Wildman–Crippen LogP) is 19.5. The summed E-state index contributed by atoms with van der Waals surface area (Å²) in [4.78, 5) is 12.8. The molecule has 6 rings (SSSR count). The predicted molar refractivity (Wildman–Crippen MR) is 290 cm³/mol. The number of halogens is 3. The van der Waals surface area contributed by atoms with E-state index in [0.717, 1.165) is 90.6 Å². The molecule has 3 heterocycles. The largest absolute Gasteiger partial charge is 0.494 e. The molecule has 0 radical (unpaired) electrons. The van der Waals surface area contributed by atoms with E-state index in [4.69, 9.17) is 19.4 Å². The van der Waals surface area contributed by atoms with Gasteiger partial charge in [0, 0.05) is 23.7 Å². The molecule has 2 unspecified atom stereocenters. The molecule has 1 aromatic heterocycles. The van der Waals surface area contributed by atoms with Gasteiger partial charge in [0.1, 0.15) is 28.3 Å². The van der Waals surface area contributed by atoms with Crippen LogP contribution in [0.1, 0.15) is 169 Å². The smallest absolute Gasteiger partial charge is 0.139 e. The van der Waals surface area contributed by atoms with Crippen molar-refractivity contribution in [3.63, 3.8) is 0 Å². The van der Waals surface area contributed by atoms with Crippen LogP contribution in [0.4, 0.5) is 4.39 Å².